The first kappa shape index (κ1) is 90.7. The number of anilines is 2. The molecule has 0 aliphatic rings. The molecule has 2 aromatic rings. The molecule has 8 amide bonds. The average molecular weight is 1650 g/mol. The number of halogens is 1. The Balaban J connectivity index is 0. The summed E-state index contributed by atoms with van der Waals surface area (Å²) in [5, 5.41) is 21.5. The van der Waals surface area contributed by atoms with E-state index in [-0.39, 0.29) is 58.0 Å². The number of unbranched alkanes of at least 4 members (excludes halogenated alkanes) is 2. The van der Waals surface area contributed by atoms with Crippen LogP contribution < -0.4 is 46.1 Å². The third-order valence-corrected chi connectivity index (χ3v) is 18.2. The molecule has 94 heavy (non-hydrogen) atoms. The number of carbonyl (C=O) groups excluding carboxylic acids is 10. The Morgan fingerprint density at radius 1 is 0.394 bits per heavy atom. The number of hydrogen-bond acceptors (Lipinski definition) is 16. The normalized spacial score (nSPS) is 12.9. The monoisotopic (exact) mass is 1650 g/mol. The summed E-state index contributed by atoms with van der Waals surface area (Å²) in [5.41, 5.74) is -3.29. The minimum absolute atomic E-state index is 0. The van der Waals surface area contributed by atoms with Crippen LogP contribution in [0.4, 0.5) is 30.6 Å². The molecule has 534 valence electrons. The Kier molecular flexibility index (Phi) is 40.9. The summed E-state index contributed by atoms with van der Waals surface area (Å²) < 4.78 is 35.0. The van der Waals surface area contributed by atoms with Crippen molar-refractivity contribution in [1.29, 1.82) is 0 Å². The second-order valence-corrected chi connectivity index (χ2v) is 44.7. The van der Waals surface area contributed by atoms with E-state index in [4.69, 9.17) is 28.4 Å². The minimum atomic E-state index is -2.17. The average Bonchev–Trinajstić information content (AvgIpc) is 0.910. The Hall–Kier alpha value is -5.33. The van der Waals surface area contributed by atoms with Crippen LogP contribution in [0.25, 0.3) is 0 Å². The Morgan fingerprint density at radius 2 is 0.649 bits per heavy atom. The third kappa shape index (κ3) is 46.7. The summed E-state index contributed by atoms with van der Waals surface area (Å²) in [7, 11) is 0. The van der Waals surface area contributed by atoms with Gasteiger partial charge in [-0.05, 0) is 204 Å². The predicted octanol–water partition coefficient (Wildman–Crippen LogP) is 11.4. The molecule has 0 aromatic heterocycles. The van der Waals surface area contributed by atoms with Crippen LogP contribution in [0.3, 0.4) is 0 Å². The summed E-state index contributed by atoms with van der Waals surface area (Å²) in [6, 6.07) is 8.65. The van der Waals surface area contributed by atoms with E-state index in [9.17, 15) is 47.9 Å². The summed E-state index contributed by atoms with van der Waals surface area (Å²) in [5.74, 6) is -3.77. The van der Waals surface area contributed by atoms with Crippen LogP contribution in [-0.2, 0) is 57.2 Å². The number of benzene rings is 2. The van der Waals surface area contributed by atoms with Gasteiger partial charge in [0, 0.05) is 28.6 Å². The number of ether oxygens (including phenoxy) is 6. The van der Waals surface area contributed by atoms with Gasteiger partial charge in [-0.1, -0.05) is 7.43 Å². The van der Waals surface area contributed by atoms with Gasteiger partial charge in [-0.2, -0.15) is 0 Å². The molecule has 8 N–H and O–H groups in total. The van der Waals surface area contributed by atoms with Gasteiger partial charge in [0.15, 0.2) is 0 Å². The van der Waals surface area contributed by atoms with E-state index >= 15 is 0 Å². The number of hydrogen-bond donors (Lipinski definition) is 8. The van der Waals surface area contributed by atoms with Crippen molar-refractivity contribution in [2.24, 2.45) is 0 Å². The fourth-order valence-electron chi connectivity index (χ4n) is 7.80. The number of nitrogens with one attached hydrogen (secondary N) is 8. The van der Waals surface area contributed by atoms with Crippen LogP contribution in [0, 0.1) is 3.57 Å². The van der Waals surface area contributed by atoms with Gasteiger partial charge in [0.2, 0.25) is 0 Å². The van der Waals surface area contributed by atoms with Crippen molar-refractivity contribution in [3.63, 3.8) is 0 Å². The molecule has 0 saturated heterocycles. The van der Waals surface area contributed by atoms with E-state index in [2.05, 4.69) is 97.0 Å². The number of amides is 8. The van der Waals surface area contributed by atoms with Crippen LogP contribution >= 0.6 is 22.6 Å². The zero-order valence-electron chi connectivity index (χ0n) is 59.4. The van der Waals surface area contributed by atoms with Crippen LogP contribution in [0.1, 0.15) is 196 Å². The van der Waals surface area contributed by atoms with E-state index in [1.54, 1.807) is 137 Å². The summed E-state index contributed by atoms with van der Waals surface area (Å²) in [4.78, 5) is 136. The topological polar surface area (TPSA) is 322 Å². The molecule has 0 fully saturated rings. The first-order chi connectivity index (χ1) is 42.5. The molecular weight excluding hydrogens is 1530 g/mol. The molecule has 0 heterocycles. The molecule has 0 unspecified atom stereocenters. The molecule has 2 aromatic carbocycles. The van der Waals surface area contributed by atoms with Gasteiger partial charge >= 0.3 is 201 Å². The quantitative estimate of drug-likeness (QED) is 0.0135. The third-order valence-electron chi connectivity index (χ3n) is 11.6. The SMILES string of the molecule is C.CC(C)(C)OC(=O)CC[C@H](NC(=O)N[C@@H](CCCCNC(=O)Nc1cc[c]([Sn]([CH3])([CH3])[CH3])cc1)C(=O)OC(C)(C)C)C(=O)OC(C)(C)C.CC(C)(C)OC(=O)CC[C@H](NC(=O)N[C@@H](CCCCNC(=O)Nc1ccc([123I])cc1)C(=O)OC(C)(C)C)C(=O)OC(C)(C)C.[CH3][SnH]. The van der Waals surface area contributed by atoms with Gasteiger partial charge < -0.3 is 60.3 Å². The maximum absolute atomic E-state index is 13.1. The Morgan fingerprint density at radius 3 is 0.904 bits per heavy atom. The summed E-state index contributed by atoms with van der Waals surface area (Å²) in [6.07, 6.45) is 2.05. The van der Waals surface area contributed by atoms with Crippen LogP contribution in [0.2, 0.25) is 19.8 Å². The molecule has 2 rings (SSSR count). The molecule has 0 spiro atoms. The Labute approximate surface area is 591 Å². The summed E-state index contributed by atoms with van der Waals surface area (Å²) >= 11 is 1.36. The van der Waals surface area contributed by atoms with Crippen molar-refractivity contribution in [1.82, 2.24) is 31.9 Å². The molecular formula is C67H115IN8O16Sn2. The second-order valence-electron chi connectivity index (χ2n) is 28.9. The van der Waals surface area contributed by atoms with Crippen LogP contribution in [-0.4, -0.2) is 172 Å². The molecule has 4 atom stereocenters. The molecule has 0 aliphatic heterocycles. The van der Waals surface area contributed by atoms with Crippen molar-refractivity contribution < 1.29 is 76.4 Å². The number of carbonyl (C=O) groups is 10. The number of rotatable bonds is 27. The van der Waals surface area contributed by atoms with E-state index < -0.39 is 124 Å². The van der Waals surface area contributed by atoms with Crippen molar-refractivity contribution in [2.75, 3.05) is 23.7 Å². The number of esters is 6. The van der Waals surface area contributed by atoms with E-state index in [0.717, 1.165) is 3.57 Å². The fraction of sp³-hybridized carbons (Fsp3) is 0.672. The van der Waals surface area contributed by atoms with Gasteiger partial charge in [-0.15, -0.1) is 0 Å². The Bertz CT molecular complexity index is 2710. The number of urea groups is 4. The molecule has 24 nitrogen and oxygen atoms in total. The molecule has 2 radical (unpaired) electrons. The van der Waals surface area contributed by atoms with Crippen molar-refractivity contribution in [3.8, 4) is 0 Å². The summed E-state index contributed by atoms with van der Waals surface area (Å²) in [6.45, 7) is 31.5. The molecule has 0 bridgehead atoms. The first-order valence-electron chi connectivity index (χ1n) is 31.5. The van der Waals surface area contributed by atoms with E-state index in [0.29, 0.717) is 50.1 Å². The molecule has 0 aliphatic carbocycles. The predicted molar refractivity (Wildman–Crippen MR) is 382 cm³/mol. The zero-order chi connectivity index (χ0) is 71.9. The van der Waals surface area contributed by atoms with Crippen LogP contribution in [0.5, 0.6) is 0 Å². The van der Waals surface area contributed by atoms with Crippen LogP contribution in [0.15, 0.2) is 48.5 Å². The van der Waals surface area contributed by atoms with Crippen molar-refractivity contribution in [2.45, 2.75) is 274 Å². The first-order valence-corrected chi connectivity index (χ1v) is 45.9. The van der Waals surface area contributed by atoms with E-state index in [1.807, 2.05) is 24.3 Å². The van der Waals surface area contributed by atoms with Gasteiger partial charge in [0.1, 0.15) is 51.7 Å². The van der Waals surface area contributed by atoms with Crippen molar-refractivity contribution >= 4 is 138 Å². The maximum atomic E-state index is 13.1. The van der Waals surface area contributed by atoms with E-state index in [1.165, 1.54) is 26.1 Å². The fourth-order valence-corrected chi connectivity index (χ4v) is 11.5. The molecule has 27 heteroatoms. The standard InChI is InChI=1S/C31H49IN4O8.C31H49N4O8.CH4.4CH3.2Sn.H/c1-29(2,3)42-24(37)18-17-23(26(39)44-31(7,8)9)36-28(41)35-22(25(38)43-30(4,5)6)12-10-11-19-33-27(40)34-21-15-13-20(32)14-16-21;1-29(2,3)41-24(36)19-18-23(26(38)43-31(7,8)9)35-28(40)34-22(25(37)42-30(4,5)6)17-13-14-20-32-27(39)33-21-15-11-10-12-16-21;;;;;;;;/h13-16,22-23H,10-12,17-19H2,1-9H3,(H2,33,34,40)(H2,35,36,41);11-12,15-16,22-23H,13-14,17-20H2,1-9H3,(H2,32,33,39)(H2,34,35,40);1H4;4*1H3;;;/t2*22-,23-;;;;;;;;/m00......../s1/i32-4;;;;;;;;;. The van der Waals surface area contributed by atoms with Gasteiger partial charge in [-0.3, -0.25) is 9.59 Å². The van der Waals surface area contributed by atoms with Gasteiger partial charge in [-0.25, -0.2) is 33.6 Å². The zero-order valence-corrected chi connectivity index (χ0v) is 67.7. The van der Waals surface area contributed by atoms with Gasteiger partial charge in [0.05, 0.1) is 0 Å². The molecule has 0 saturated carbocycles. The van der Waals surface area contributed by atoms with Crippen molar-refractivity contribution in [3.05, 3.63) is 52.1 Å². The van der Waals surface area contributed by atoms with Gasteiger partial charge in [0.25, 0.3) is 0 Å². The second kappa shape index (κ2) is 42.4.